The molecule has 24 heavy (non-hydrogen) atoms. The number of nitro benzene ring substituents is 1. The second-order valence-electron chi connectivity index (χ2n) is 4.89. The van der Waals surface area contributed by atoms with Gasteiger partial charge in [0.2, 0.25) is 0 Å². The van der Waals surface area contributed by atoms with Crippen molar-refractivity contribution in [3.8, 4) is 11.5 Å². The van der Waals surface area contributed by atoms with Gasteiger partial charge in [0.05, 0.1) is 19.1 Å². The van der Waals surface area contributed by atoms with Gasteiger partial charge in [-0.1, -0.05) is 0 Å². The quantitative estimate of drug-likeness (QED) is 0.476. The molecule has 0 radical (unpaired) electrons. The number of nitrogens with zero attached hydrogens (tertiary/aromatic N) is 1. The van der Waals surface area contributed by atoms with Crippen molar-refractivity contribution in [2.45, 2.75) is 6.54 Å². The van der Waals surface area contributed by atoms with E-state index in [0.717, 1.165) is 11.6 Å². The van der Waals surface area contributed by atoms with Gasteiger partial charge in [0, 0.05) is 29.8 Å². The lowest BCUT2D eigenvalue weighted by Gasteiger charge is -2.11. The van der Waals surface area contributed by atoms with Gasteiger partial charge in [-0.3, -0.25) is 14.9 Å². The largest absolute Gasteiger partial charge is 0.497 e. The van der Waals surface area contributed by atoms with Crippen molar-refractivity contribution in [3.05, 3.63) is 57.6 Å². The third kappa shape index (κ3) is 3.72. The van der Waals surface area contributed by atoms with E-state index in [1.54, 1.807) is 25.3 Å². The van der Waals surface area contributed by atoms with Crippen LogP contribution >= 0.6 is 0 Å². The maximum atomic E-state index is 12.2. The second-order valence-corrected chi connectivity index (χ2v) is 4.89. The van der Waals surface area contributed by atoms with Crippen LogP contribution in [0, 0.1) is 10.1 Å². The number of hydrogen-bond donors (Lipinski definition) is 2. The average molecular weight is 331 g/mol. The number of carbonyl (C=O) groups excluding carboxylic acids is 1. The van der Waals surface area contributed by atoms with Gasteiger partial charge in [-0.15, -0.1) is 0 Å². The minimum absolute atomic E-state index is 0.00775. The molecule has 0 aromatic heterocycles. The number of amides is 1. The number of nitro groups is 1. The van der Waals surface area contributed by atoms with E-state index in [1.807, 2.05) is 0 Å². The lowest BCUT2D eigenvalue weighted by Crippen LogP contribution is -2.23. The molecule has 0 unspecified atom stereocenters. The number of nitrogens with one attached hydrogen (secondary N) is 1. The highest BCUT2D eigenvalue weighted by atomic mass is 16.6. The normalized spacial score (nSPS) is 10.1. The molecule has 0 spiro atoms. The maximum absolute atomic E-state index is 12.2. The van der Waals surface area contributed by atoms with Gasteiger partial charge in [0.1, 0.15) is 17.2 Å². The Bertz CT molecular complexity index is 776. The number of methoxy groups -OCH3 is 2. The highest BCUT2D eigenvalue weighted by Crippen LogP contribution is 2.25. The van der Waals surface area contributed by atoms with Crippen LogP contribution in [0.25, 0.3) is 0 Å². The molecule has 1 amide bonds. The van der Waals surface area contributed by atoms with E-state index in [0.29, 0.717) is 11.5 Å². The van der Waals surface area contributed by atoms with Crippen LogP contribution in [0.15, 0.2) is 36.4 Å². The number of nitrogens with two attached hydrogens (primary N) is 1. The zero-order valence-electron chi connectivity index (χ0n) is 13.2. The Morgan fingerprint density at radius 2 is 1.96 bits per heavy atom. The van der Waals surface area contributed by atoms with Crippen molar-refractivity contribution >= 4 is 17.3 Å². The van der Waals surface area contributed by atoms with Gasteiger partial charge >= 0.3 is 0 Å². The molecular formula is C16H17N3O5. The van der Waals surface area contributed by atoms with Crippen LogP contribution in [-0.4, -0.2) is 25.1 Å². The second kappa shape index (κ2) is 7.32. The highest BCUT2D eigenvalue weighted by molar-refractivity contribution is 5.95. The Hall–Kier alpha value is -3.29. The van der Waals surface area contributed by atoms with Gasteiger partial charge in [-0.05, 0) is 24.3 Å². The number of benzene rings is 2. The third-order valence-corrected chi connectivity index (χ3v) is 3.42. The highest BCUT2D eigenvalue weighted by Gasteiger charge is 2.16. The van der Waals surface area contributed by atoms with E-state index in [4.69, 9.17) is 15.2 Å². The first-order valence-corrected chi connectivity index (χ1v) is 6.99. The first-order valence-electron chi connectivity index (χ1n) is 6.99. The van der Waals surface area contributed by atoms with E-state index < -0.39 is 10.8 Å². The fraction of sp³-hybridized carbons (Fsp3) is 0.188. The molecule has 8 nitrogen and oxygen atoms in total. The molecule has 2 aromatic rings. The summed E-state index contributed by atoms with van der Waals surface area (Å²) in [7, 11) is 3.06. The summed E-state index contributed by atoms with van der Waals surface area (Å²) in [6.45, 7) is 0.199. The van der Waals surface area contributed by atoms with Crippen molar-refractivity contribution in [3.63, 3.8) is 0 Å². The lowest BCUT2D eigenvalue weighted by atomic mass is 10.1. The number of ether oxygens (including phenoxy) is 2. The van der Waals surface area contributed by atoms with Crippen molar-refractivity contribution in [1.82, 2.24) is 5.32 Å². The molecule has 0 aliphatic carbocycles. The fourth-order valence-electron chi connectivity index (χ4n) is 2.12. The third-order valence-electron chi connectivity index (χ3n) is 3.42. The SMILES string of the molecule is COc1ccc(CNC(=O)c2ccc(N)c([N+](=O)[O-])c2)c(OC)c1. The summed E-state index contributed by atoms with van der Waals surface area (Å²) in [6.07, 6.45) is 0. The summed E-state index contributed by atoms with van der Waals surface area (Å²) < 4.78 is 10.4. The molecule has 0 saturated heterocycles. The first kappa shape index (κ1) is 17.1. The van der Waals surface area contributed by atoms with Gasteiger partial charge in [-0.2, -0.15) is 0 Å². The van der Waals surface area contributed by atoms with Crippen LogP contribution in [0.1, 0.15) is 15.9 Å². The number of carbonyl (C=O) groups is 1. The molecule has 3 N–H and O–H groups in total. The minimum Gasteiger partial charge on any atom is -0.497 e. The molecule has 0 aliphatic heterocycles. The summed E-state index contributed by atoms with van der Waals surface area (Å²) in [6, 6.07) is 9.14. The number of nitrogen functional groups attached to an aromatic ring is 1. The summed E-state index contributed by atoms with van der Waals surface area (Å²) >= 11 is 0. The average Bonchev–Trinajstić information content (AvgIpc) is 2.59. The number of anilines is 1. The summed E-state index contributed by atoms with van der Waals surface area (Å²) in [5.74, 6) is 0.755. The lowest BCUT2D eigenvalue weighted by molar-refractivity contribution is -0.383. The molecule has 0 bridgehead atoms. The molecular weight excluding hydrogens is 314 g/mol. The van der Waals surface area contributed by atoms with E-state index >= 15 is 0 Å². The minimum atomic E-state index is -0.626. The molecule has 126 valence electrons. The van der Waals surface area contributed by atoms with E-state index in [9.17, 15) is 14.9 Å². The Kier molecular flexibility index (Phi) is 5.20. The topological polar surface area (TPSA) is 117 Å². The van der Waals surface area contributed by atoms with Crippen LogP contribution in [0.3, 0.4) is 0 Å². The van der Waals surface area contributed by atoms with E-state index in [1.165, 1.54) is 19.2 Å². The molecule has 0 saturated carbocycles. The maximum Gasteiger partial charge on any atom is 0.292 e. The summed E-state index contributed by atoms with van der Waals surface area (Å²) in [4.78, 5) is 22.4. The molecule has 8 heteroatoms. The van der Waals surface area contributed by atoms with E-state index in [2.05, 4.69) is 5.32 Å². The van der Waals surface area contributed by atoms with Gasteiger partial charge < -0.3 is 20.5 Å². The van der Waals surface area contributed by atoms with Crippen molar-refractivity contribution in [2.75, 3.05) is 20.0 Å². The van der Waals surface area contributed by atoms with Crippen molar-refractivity contribution < 1.29 is 19.2 Å². The van der Waals surface area contributed by atoms with E-state index in [-0.39, 0.29) is 23.5 Å². The predicted molar refractivity (Wildman–Crippen MR) is 88.2 cm³/mol. The van der Waals surface area contributed by atoms with Crippen molar-refractivity contribution in [1.29, 1.82) is 0 Å². The number of rotatable bonds is 6. The number of hydrogen-bond acceptors (Lipinski definition) is 6. The smallest absolute Gasteiger partial charge is 0.292 e. The Labute approximate surface area is 138 Å². The Balaban J connectivity index is 2.14. The molecule has 0 fully saturated rings. The monoisotopic (exact) mass is 331 g/mol. The fourth-order valence-corrected chi connectivity index (χ4v) is 2.12. The summed E-state index contributed by atoms with van der Waals surface area (Å²) in [5, 5.41) is 13.6. The van der Waals surface area contributed by atoms with Crippen LogP contribution in [0.4, 0.5) is 11.4 Å². The predicted octanol–water partition coefficient (Wildman–Crippen LogP) is 2.12. The summed E-state index contributed by atoms with van der Waals surface area (Å²) in [5.41, 5.74) is 6.13. The zero-order chi connectivity index (χ0) is 17.7. The molecule has 2 rings (SSSR count). The van der Waals surface area contributed by atoms with Gasteiger partial charge in [0.15, 0.2) is 0 Å². The van der Waals surface area contributed by atoms with Gasteiger partial charge in [0.25, 0.3) is 11.6 Å². The Morgan fingerprint density at radius 3 is 2.58 bits per heavy atom. The van der Waals surface area contributed by atoms with Crippen LogP contribution in [-0.2, 0) is 6.54 Å². The molecule has 0 aliphatic rings. The van der Waals surface area contributed by atoms with Gasteiger partial charge in [-0.25, -0.2) is 0 Å². The first-order chi connectivity index (χ1) is 11.5. The van der Waals surface area contributed by atoms with Crippen molar-refractivity contribution in [2.24, 2.45) is 0 Å². The Morgan fingerprint density at radius 1 is 1.21 bits per heavy atom. The molecule has 0 atom stereocenters. The molecule has 2 aromatic carbocycles. The zero-order valence-corrected chi connectivity index (χ0v) is 13.2. The van der Waals surface area contributed by atoms with Crippen LogP contribution in [0.2, 0.25) is 0 Å². The standard InChI is InChI=1S/C16H17N3O5/c1-23-12-5-3-11(15(8-12)24-2)9-18-16(20)10-4-6-13(17)14(7-10)19(21)22/h3-8H,9,17H2,1-2H3,(H,18,20). The molecule has 0 heterocycles. The van der Waals surface area contributed by atoms with Crippen LogP contribution in [0.5, 0.6) is 11.5 Å². The van der Waals surface area contributed by atoms with Crippen LogP contribution < -0.4 is 20.5 Å².